The summed E-state index contributed by atoms with van der Waals surface area (Å²) in [7, 11) is 0. The number of benzene rings is 1. The van der Waals surface area contributed by atoms with E-state index in [0.717, 1.165) is 18.5 Å². The van der Waals surface area contributed by atoms with Gasteiger partial charge < -0.3 is 15.8 Å². The summed E-state index contributed by atoms with van der Waals surface area (Å²) in [5, 5.41) is 2.96. The van der Waals surface area contributed by atoms with Crippen LogP contribution in [0, 0.1) is 5.82 Å². The van der Waals surface area contributed by atoms with Gasteiger partial charge in [0.2, 0.25) is 0 Å². The molecule has 124 valence electrons. The normalized spacial score (nSPS) is 10.8. The molecule has 1 aromatic heterocycles. The first-order valence-electron chi connectivity index (χ1n) is 7.09. The van der Waals surface area contributed by atoms with Crippen LogP contribution in [0.15, 0.2) is 47.7 Å². The highest BCUT2D eigenvalue weighted by Crippen LogP contribution is 2.24. The van der Waals surface area contributed by atoms with Crippen molar-refractivity contribution in [3.63, 3.8) is 0 Å². The Bertz CT molecular complexity index is 637. The lowest BCUT2D eigenvalue weighted by Crippen LogP contribution is -2.32. The van der Waals surface area contributed by atoms with Crippen LogP contribution in [0.4, 0.5) is 4.39 Å². The van der Waals surface area contributed by atoms with Gasteiger partial charge in [-0.2, -0.15) is 0 Å². The molecule has 0 aliphatic heterocycles. The Hall–Kier alpha value is -1.90. The molecule has 23 heavy (non-hydrogen) atoms. The van der Waals surface area contributed by atoms with E-state index < -0.39 is 5.82 Å². The van der Waals surface area contributed by atoms with E-state index >= 15 is 0 Å². The van der Waals surface area contributed by atoms with Crippen molar-refractivity contribution in [1.29, 1.82) is 0 Å². The number of nitrogens with two attached hydrogens (primary N) is 1. The molecule has 0 radical (unpaired) electrons. The third kappa shape index (κ3) is 6.39. The lowest BCUT2D eigenvalue weighted by Gasteiger charge is -2.08. The van der Waals surface area contributed by atoms with Gasteiger partial charge in [0.05, 0.1) is 12.7 Å². The van der Waals surface area contributed by atoms with E-state index in [-0.39, 0.29) is 29.7 Å². The summed E-state index contributed by atoms with van der Waals surface area (Å²) < 4.78 is 19.5. The maximum atomic E-state index is 14.0. The molecular weight excluding hydrogens is 410 g/mol. The first-order valence-corrected chi connectivity index (χ1v) is 7.09. The van der Waals surface area contributed by atoms with Crippen molar-refractivity contribution in [3.8, 4) is 11.5 Å². The number of halogens is 2. The molecule has 1 aromatic carbocycles. The number of ether oxygens (including phenoxy) is 1. The van der Waals surface area contributed by atoms with Crippen molar-refractivity contribution < 1.29 is 9.13 Å². The number of nitrogens with one attached hydrogen (secondary N) is 1. The van der Waals surface area contributed by atoms with Gasteiger partial charge in [0, 0.05) is 12.7 Å². The number of nitrogens with zero attached hydrogens (tertiary/aromatic N) is 2. The molecule has 0 aliphatic rings. The van der Waals surface area contributed by atoms with Crippen LogP contribution in [0.1, 0.15) is 18.9 Å². The molecule has 0 atom stereocenters. The van der Waals surface area contributed by atoms with E-state index in [1.54, 1.807) is 30.5 Å². The minimum Gasteiger partial charge on any atom is -0.453 e. The monoisotopic (exact) mass is 430 g/mol. The topological polar surface area (TPSA) is 72.5 Å². The second-order valence-corrected chi connectivity index (χ2v) is 4.68. The Labute approximate surface area is 152 Å². The maximum Gasteiger partial charge on any atom is 0.188 e. The molecule has 0 saturated heterocycles. The smallest absolute Gasteiger partial charge is 0.188 e. The first-order chi connectivity index (χ1) is 10.7. The van der Waals surface area contributed by atoms with E-state index in [9.17, 15) is 4.39 Å². The zero-order valence-corrected chi connectivity index (χ0v) is 15.2. The molecule has 0 aliphatic carbocycles. The van der Waals surface area contributed by atoms with Gasteiger partial charge in [0.25, 0.3) is 0 Å². The molecule has 2 rings (SSSR count). The zero-order valence-electron chi connectivity index (χ0n) is 12.8. The van der Waals surface area contributed by atoms with Crippen molar-refractivity contribution in [2.75, 3.05) is 6.54 Å². The average molecular weight is 430 g/mol. The molecule has 7 heteroatoms. The molecule has 3 N–H and O–H groups in total. The fourth-order valence-electron chi connectivity index (χ4n) is 1.75. The van der Waals surface area contributed by atoms with Gasteiger partial charge in [-0.05, 0) is 36.2 Å². The van der Waals surface area contributed by atoms with Crippen molar-refractivity contribution in [2.24, 2.45) is 10.7 Å². The molecule has 2 aromatic rings. The van der Waals surface area contributed by atoms with Crippen LogP contribution < -0.4 is 15.8 Å². The number of aliphatic imine (C=N–C) groups is 1. The van der Waals surface area contributed by atoms with Gasteiger partial charge in [-0.25, -0.2) is 9.38 Å². The standard InChI is InChI=1S/C16H19FN4O.HI/c1-2-7-20-16(18)21-10-12-5-6-15(14(17)9-12)22-13-4-3-8-19-11-13;/h3-6,8-9,11H,2,7,10H2,1H3,(H3,18,20,21);1H. The Balaban J connectivity index is 0.00000264. The van der Waals surface area contributed by atoms with Gasteiger partial charge in [-0.15, -0.1) is 24.0 Å². The summed E-state index contributed by atoms with van der Waals surface area (Å²) >= 11 is 0. The van der Waals surface area contributed by atoms with E-state index in [4.69, 9.17) is 10.5 Å². The quantitative estimate of drug-likeness (QED) is 0.419. The molecule has 5 nitrogen and oxygen atoms in total. The maximum absolute atomic E-state index is 14.0. The lowest BCUT2D eigenvalue weighted by atomic mass is 10.2. The molecule has 0 bridgehead atoms. The minimum absolute atomic E-state index is 0. The Morgan fingerprint density at radius 3 is 2.87 bits per heavy atom. The van der Waals surface area contributed by atoms with Gasteiger partial charge in [-0.3, -0.25) is 4.98 Å². The Morgan fingerprint density at radius 1 is 1.39 bits per heavy atom. The molecular formula is C16H20FIN4O. The molecule has 0 unspecified atom stereocenters. The number of hydrogen-bond acceptors (Lipinski definition) is 3. The SMILES string of the molecule is CCCNC(N)=NCc1ccc(Oc2cccnc2)c(F)c1.I. The molecule has 0 saturated carbocycles. The minimum atomic E-state index is -0.448. The predicted molar refractivity (Wildman–Crippen MR) is 99.7 cm³/mol. The second-order valence-electron chi connectivity index (χ2n) is 4.68. The van der Waals surface area contributed by atoms with E-state index in [0.29, 0.717) is 18.3 Å². The Kier molecular flexibility index (Phi) is 8.31. The van der Waals surface area contributed by atoms with Gasteiger partial charge in [0.1, 0.15) is 5.75 Å². The summed E-state index contributed by atoms with van der Waals surface area (Å²) in [4.78, 5) is 8.07. The molecule has 1 heterocycles. The van der Waals surface area contributed by atoms with Gasteiger partial charge >= 0.3 is 0 Å². The largest absolute Gasteiger partial charge is 0.453 e. The average Bonchev–Trinajstić information content (AvgIpc) is 2.54. The van der Waals surface area contributed by atoms with Gasteiger partial charge in [-0.1, -0.05) is 13.0 Å². The Morgan fingerprint density at radius 2 is 2.22 bits per heavy atom. The second kappa shape index (κ2) is 9.98. The summed E-state index contributed by atoms with van der Waals surface area (Å²) in [6, 6.07) is 8.16. The highest BCUT2D eigenvalue weighted by Gasteiger charge is 2.06. The van der Waals surface area contributed by atoms with E-state index in [2.05, 4.69) is 15.3 Å². The number of guanidine groups is 1. The van der Waals surface area contributed by atoms with E-state index in [1.165, 1.54) is 12.3 Å². The summed E-state index contributed by atoms with van der Waals surface area (Å²) in [6.07, 6.45) is 4.12. The van der Waals surface area contributed by atoms with Crippen LogP contribution in [0.2, 0.25) is 0 Å². The summed E-state index contributed by atoms with van der Waals surface area (Å²) in [6.45, 7) is 3.12. The number of hydrogen-bond donors (Lipinski definition) is 2. The molecule has 0 amide bonds. The zero-order chi connectivity index (χ0) is 15.8. The van der Waals surface area contributed by atoms with Crippen LogP contribution in [0.25, 0.3) is 0 Å². The van der Waals surface area contributed by atoms with Crippen LogP contribution in [-0.2, 0) is 6.54 Å². The van der Waals surface area contributed by atoms with E-state index in [1.807, 2.05) is 6.92 Å². The van der Waals surface area contributed by atoms with Crippen molar-refractivity contribution in [3.05, 3.63) is 54.1 Å². The number of rotatable bonds is 6. The predicted octanol–water partition coefficient (Wildman–Crippen LogP) is 3.45. The van der Waals surface area contributed by atoms with Crippen molar-refractivity contribution in [1.82, 2.24) is 10.3 Å². The third-order valence-electron chi connectivity index (χ3n) is 2.85. The highest BCUT2D eigenvalue weighted by atomic mass is 127. The summed E-state index contributed by atoms with van der Waals surface area (Å²) in [5.74, 6) is 0.549. The third-order valence-corrected chi connectivity index (χ3v) is 2.85. The molecule has 0 fully saturated rings. The highest BCUT2D eigenvalue weighted by molar-refractivity contribution is 14.0. The van der Waals surface area contributed by atoms with Crippen LogP contribution >= 0.6 is 24.0 Å². The van der Waals surface area contributed by atoms with Gasteiger partial charge in [0.15, 0.2) is 17.5 Å². The number of aromatic nitrogens is 1. The van der Waals surface area contributed by atoms with Crippen LogP contribution in [0.3, 0.4) is 0 Å². The van der Waals surface area contributed by atoms with Crippen LogP contribution in [-0.4, -0.2) is 17.5 Å². The first kappa shape index (κ1) is 19.1. The number of pyridine rings is 1. The van der Waals surface area contributed by atoms with Crippen LogP contribution in [0.5, 0.6) is 11.5 Å². The lowest BCUT2D eigenvalue weighted by molar-refractivity contribution is 0.440. The fraction of sp³-hybridized carbons (Fsp3) is 0.250. The fourth-order valence-corrected chi connectivity index (χ4v) is 1.75. The molecule has 0 spiro atoms. The summed E-state index contributed by atoms with van der Waals surface area (Å²) in [5.41, 5.74) is 6.41. The van der Waals surface area contributed by atoms with Crippen molar-refractivity contribution in [2.45, 2.75) is 19.9 Å². The van der Waals surface area contributed by atoms with Crippen molar-refractivity contribution >= 4 is 29.9 Å².